The average Bonchev–Trinajstić information content (AvgIpc) is 2.90. The monoisotopic (exact) mass is 374 g/mol. The van der Waals surface area contributed by atoms with Crippen LogP contribution in [0.1, 0.15) is 16.1 Å². The zero-order valence-corrected chi connectivity index (χ0v) is 13.8. The number of halogens is 3. The highest BCUT2D eigenvalue weighted by molar-refractivity contribution is 6.07. The van der Waals surface area contributed by atoms with E-state index in [1.807, 2.05) is 0 Å². The lowest BCUT2D eigenvalue weighted by Crippen LogP contribution is -2.37. The Hall–Kier alpha value is -2.30. The smallest absolute Gasteiger partial charge is 0.416 e. The van der Waals surface area contributed by atoms with Gasteiger partial charge in [0.2, 0.25) is 5.76 Å². The number of carbonyl (C=O) groups is 1. The number of aliphatic hydroxyl groups excluding tert-OH is 1. The van der Waals surface area contributed by atoms with Crippen LogP contribution in [0, 0.1) is 0 Å². The molecule has 1 aromatic carbocycles. The number of hydrogen-bond acceptors (Lipinski definition) is 6. The molecule has 142 valence electrons. The fraction of sp³-hybridized carbons (Fsp3) is 0.438. The number of rotatable bonds is 5. The summed E-state index contributed by atoms with van der Waals surface area (Å²) in [4.78, 5) is 17.9. The van der Waals surface area contributed by atoms with Crippen molar-refractivity contribution in [1.82, 2.24) is 5.32 Å². The van der Waals surface area contributed by atoms with Crippen LogP contribution in [0.15, 0.2) is 22.6 Å². The lowest BCUT2D eigenvalue weighted by atomic mass is 10.1. The molecule has 1 amide bonds. The number of fused-ring (bicyclic) bond motifs is 3. The van der Waals surface area contributed by atoms with Crippen LogP contribution in [-0.2, 0) is 15.8 Å². The van der Waals surface area contributed by atoms with E-state index in [0.717, 1.165) is 18.2 Å². The van der Waals surface area contributed by atoms with Gasteiger partial charge < -0.3 is 19.6 Å². The number of hydroxylamine groups is 1. The Balaban J connectivity index is 2.10. The number of hydrogen-bond donors (Lipinski definition) is 2. The minimum Gasteiger partial charge on any atom is -0.449 e. The summed E-state index contributed by atoms with van der Waals surface area (Å²) < 4.78 is 49.6. The van der Waals surface area contributed by atoms with Crippen molar-refractivity contribution in [2.24, 2.45) is 0 Å². The number of methoxy groups -OCH3 is 1. The van der Waals surface area contributed by atoms with Crippen LogP contribution in [0.4, 0.5) is 18.9 Å². The van der Waals surface area contributed by atoms with E-state index in [2.05, 4.69) is 5.32 Å². The summed E-state index contributed by atoms with van der Waals surface area (Å²) in [5, 5.41) is 13.3. The Kier molecular flexibility index (Phi) is 5.08. The highest BCUT2D eigenvalue weighted by atomic mass is 19.4. The van der Waals surface area contributed by atoms with Gasteiger partial charge in [-0.1, -0.05) is 0 Å². The Morgan fingerprint density at radius 2 is 2.19 bits per heavy atom. The number of nitrogens with zero attached hydrogens (tertiary/aromatic N) is 1. The molecular formula is C16H17F3N2O5. The molecule has 0 bridgehead atoms. The zero-order chi connectivity index (χ0) is 18.9. The fourth-order valence-corrected chi connectivity index (χ4v) is 2.71. The largest absolute Gasteiger partial charge is 0.449 e. The molecule has 2 heterocycles. The van der Waals surface area contributed by atoms with E-state index in [-0.39, 0.29) is 48.7 Å². The second kappa shape index (κ2) is 7.14. The highest BCUT2D eigenvalue weighted by Gasteiger charge is 2.34. The molecule has 0 saturated carbocycles. The van der Waals surface area contributed by atoms with Gasteiger partial charge >= 0.3 is 6.18 Å². The molecule has 2 N–H and O–H groups in total. The predicted octanol–water partition coefficient (Wildman–Crippen LogP) is 1.94. The van der Waals surface area contributed by atoms with Crippen LogP contribution in [0.25, 0.3) is 11.0 Å². The van der Waals surface area contributed by atoms with Crippen LogP contribution in [0.5, 0.6) is 0 Å². The van der Waals surface area contributed by atoms with E-state index in [1.54, 1.807) is 0 Å². The summed E-state index contributed by atoms with van der Waals surface area (Å²) in [6, 6.07) is 2.96. The van der Waals surface area contributed by atoms with Crippen molar-refractivity contribution < 1.29 is 37.1 Å². The molecule has 1 aliphatic rings. The van der Waals surface area contributed by atoms with Crippen molar-refractivity contribution in [1.29, 1.82) is 0 Å². The highest BCUT2D eigenvalue weighted by Crippen LogP contribution is 2.39. The summed E-state index contributed by atoms with van der Waals surface area (Å²) >= 11 is 0. The standard InChI is InChI=1S/C16H17F3N2O5/c1-24-8-10(7-22)26-21-5-4-20-15(23)14-13(21)11-6-9(16(17,18)19)2-3-12(11)25-14/h2-3,6,10,22H,4-5,7-8H2,1H3,(H,20,23). The zero-order valence-electron chi connectivity index (χ0n) is 13.8. The van der Waals surface area contributed by atoms with Crippen LogP contribution in [0.2, 0.25) is 0 Å². The second-order valence-corrected chi connectivity index (χ2v) is 5.71. The molecule has 1 aromatic heterocycles. The molecule has 0 aliphatic carbocycles. The van der Waals surface area contributed by atoms with Gasteiger partial charge in [0.25, 0.3) is 5.91 Å². The maximum absolute atomic E-state index is 13.1. The van der Waals surface area contributed by atoms with Crippen LogP contribution in [0.3, 0.4) is 0 Å². The van der Waals surface area contributed by atoms with Crippen molar-refractivity contribution in [3.8, 4) is 0 Å². The van der Waals surface area contributed by atoms with Crippen molar-refractivity contribution >= 4 is 22.6 Å². The summed E-state index contributed by atoms with van der Waals surface area (Å²) in [5.74, 6) is -0.700. The number of anilines is 1. The maximum Gasteiger partial charge on any atom is 0.416 e. The van der Waals surface area contributed by atoms with E-state index in [0.29, 0.717) is 0 Å². The van der Waals surface area contributed by atoms with E-state index >= 15 is 0 Å². The minimum absolute atomic E-state index is 0.0628. The number of amides is 1. The van der Waals surface area contributed by atoms with Gasteiger partial charge in [0.1, 0.15) is 17.4 Å². The fourth-order valence-electron chi connectivity index (χ4n) is 2.71. The number of furan rings is 1. The van der Waals surface area contributed by atoms with Gasteiger partial charge in [-0.15, -0.1) is 0 Å². The molecule has 1 atom stereocenters. The molecule has 2 aromatic rings. The summed E-state index contributed by atoms with van der Waals surface area (Å²) in [7, 11) is 1.42. The first-order chi connectivity index (χ1) is 12.3. The number of alkyl halides is 3. The molecular weight excluding hydrogens is 357 g/mol. The summed E-state index contributed by atoms with van der Waals surface area (Å²) in [6.45, 7) is 0.0381. The van der Waals surface area contributed by atoms with Gasteiger partial charge in [0.15, 0.2) is 0 Å². The molecule has 0 saturated heterocycles. The number of benzene rings is 1. The SMILES string of the molecule is COCC(CO)ON1CCNC(=O)c2oc3ccc(C(F)(F)F)cc3c21. The molecule has 3 rings (SSSR count). The van der Waals surface area contributed by atoms with Crippen LogP contribution < -0.4 is 10.4 Å². The van der Waals surface area contributed by atoms with Crippen LogP contribution >= 0.6 is 0 Å². The number of aliphatic hydroxyl groups is 1. The third-order valence-corrected chi connectivity index (χ3v) is 3.88. The van der Waals surface area contributed by atoms with Crippen molar-refractivity contribution in [3.05, 3.63) is 29.5 Å². The Labute approximate surface area is 146 Å². The van der Waals surface area contributed by atoms with Gasteiger partial charge in [-0.05, 0) is 18.2 Å². The molecule has 0 fully saturated rings. The van der Waals surface area contributed by atoms with Gasteiger partial charge in [-0.25, -0.2) is 5.06 Å². The predicted molar refractivity (Wildman–Crippen MR) is 84.7 cm³/mol. The second-order valence-electron chi connectivity index (χ2n) is 5.71. The Morgan fingerprint density at radius 1 is 1.42 bits per heavy atom. The van der Waals surface area contributed by atoms with E-state index < -0.39 is 23.8 Å². The molecule has 26 heavy (non-hydrogen) atoms. The average molecular weight is 374 g/mol. The molecule has 10 heteroatoms. The van der Waals surface area contributed by atoms with E-state index in [9.17, 15) is 23.1 Å². The van der Waals surface area contributed by atoms with Crippen molar-refractivity contribution in [2.75, 3.05) is 38.5 Å². The van der Waals surface area contributed by atoms with Crippen molar-refractivity contribution in [2.45, 2.75) is 12.3 Å². The third kappa shape index (κ3) is 3.48. The van der Waals surface area contributed by atoms with Gasteiger partial charge in [0.05, 0.1) is 25.3 Å². The topological polar surface area (TPSA) is 84.2 Å². The summed E-state index contributed by atoms with van der Waals surface area (Å²) in [5.41, 5.74) is -0.648. The Morgan fingerprint density at radius 3 is 2.85 bits per heavy atom. The van der Waals surface area contributed by atoms with E-state index in [4.69, 9.17) is 14.0 Å². The first-order valence-corrected chi connectivity index (χ1v) is 7.81. The molecule has 0 spiro atoms. The van der Waals surface area contributed by atoms with Crippen LogP contribution in [-0.4, -0.2) is 50.5 Å². The summed E-state index contributed by atoms with van der Waals surface area (Å²) in [6.07, 6.45) is -5.29. The molecule has 1 aliphatic heterocycles. The lowest BCUT2D eigenvalue weighted by Gasteiger charge is -2.26. The minimum atomic E-state index is -4.54. The van der Waals surface area contributed by atoms with Crippen molar-refractivity contribution in [3.63, 3.8) is 0 Å². The maximum atomic E-state index is 13.1. The van der Waals surface area contributed by atoms with Gasteiger partial charge in [-0.2, -0.15) is 13.2 Å². The molecule has 7 nitrogen and oxygen atoms in total. The molecule has 0 radical (unpaired) electrons. The lowest BCUT2D eigenvalue weighted by molar-refractivity contribution is -0.137. The van der Waals surface area contributed by atoms with E-state index in [1.165, 1.54) is 12.2 Å². The first-order valence-electron chi connectivity index (χ1n) is 7.81. The third-order valence-electron chi connectivity index (χ3n) is 3.88. The quantitative estimate of drug-likeness (QED) is 0.832. The number of nitrogens with one attached hydrogen (secondary N) is 1. The van der Waals surface area contributed by atoms with Gasteiger partial charge in [0, 0.05) is 19.0 Å². The first kappa shape index (κ1) is 18.5. The van der Waals surface area contributed by atoms with Gasteiger partial charge in [-0.3, -0.25) is 9.63 Å². The Bertz CT molecular complexity index is 805. The number of ether oxygens (including phenoxy) is 1. The number of carbonyl (C=O) groups excluding carboxylic acids is 1. The normalized spacial score (nSPS) is 16.3. The molecule has 1 unspecified atom stereocenters.